The minimum Gasteiger partial charge on any atom is -0.358 e. The predicted molar refractivity (Wildman–Crippen MR) is 91.2 cm³/mol. The number of nitrogens with one attached hydrogen (secondary N) is 2. The Balaban J connectivity index is 1.77. The Bertz CT molecular complexity index is 550. The van der Waals surface area contributed by atoms with Crippen molar-refractivity contribution in [3.8, 4) is 0 Å². The summed E-state index contributed by atoms with van der Waals surface area (Å²) in [6, 6.07) is 7.34. The van der Waals surface area contributed by atoms with Gasteiger partial charge in [-0.2, -0.15) is 0 Å². The molecular formula is C17H24ClN3O2. The van der Waals surface area contributed by atoms with Crippen LogP contribution in [0.2, 0.25) is 5.02 Å². The fraction of sp³-hybridized carbons (Fsp3) is 0.529. The smallest absolute Gasteiger partial charge is 0.237 e. The first-order chi connectivity index (χ1) is 11.1. The van der Waals surface area contributed by atoms with Gasteiger partial charge in [-0.3, -0.25) is 14.5 Å². The molecule has 0 aromatic heterocycles. The first-order valence-electron chi connectivity index (χ1n) is 8.07. The van der Waals surface area contributed by atoms with Crippen molar-refractivity contribution in [2.75, 3.05) is 20.1 Å². The molecule has 6 heteroatoms. The van der Waals surface area contributed by atoms with E-state index in [1.165, 1.54) is 0 Å². The van der Waals surface area contributed by atoms with Gasteiger partial charge in [0.15, 0.2) is 0 Å². The number of carbonyl (C=O) groups is 2. The van der Waals surface area contributed by atoms with Crippen molar-refractivity contribution in [2.24, 2.45) is 0 Å². The van der Waals surface area contributed by atoms with Crippen molar-refractivity contribution in [1.82, 2.24) is 15.5 Å². The number of benzene rings is 1. The van der Waals surface area contributed by atoms with Crippen molar-refractivity contribution < 1.29 is 9.59 Å². The van der Waals surface area contributed by atoms with Gasteiger partial charge in [-0.25, -0.2) is 0 Å². The number of likely N-dealkylation sites (tertiary alicyclic amines) is 1. The highest BCUT2D eigenvalue weighted by molar-refractivity contribution is 6.30. The molecule has 5 nitrogen and oxygen atoms in total. The van der Waals surface area contributed by atoms with Gasteiger partial charge >= 0.3 is 0 Å². The van der Waals surface area contributed by atoms with Gasteiger partial charge in [0, 0.05) is 31.6 Å². The van der Waals surface area contributed by atoms with E-state index in [2.05, 4.69) is 15.5 Å². The molecular weight excluding hydrogens is 314 g/mol. The van der Waals surface area contributed by atoms with Gasteiger partial charge in [-0.1, -0.05) is 30.2 Å². The maximum Gasteiger partial charge on any atom is 0.237 e. The van der Waals surface area contributed by atoms with Crippen LogP contribution in [0.15, 0.2) is 24.3 Å². The van der Waals surface area contributed by atoms with E-state index >= 15 is 0 Å². The summed E-state index contributed by atoms with van der Waals surface area (Å²) in [5, 5.41) is 6.27. The summed E-state index contributed by atoms with van der Waals surface area (Å²) in [6.45, 7) is 1.96. The van der Waals surface area contributed by atoms with Gasteiger partial charge < -0.3 is 10.6 Å². The first-order valence-corrected chi connectivity index (χ1v) is 8.44. The minimum absolute atomic E-state index is 0.00814. The maximum atomic E-state index is 12.0. The molecule has 0 aliphatic carbocycles. The molecule has 1 saturated heterocycles. The Morgan fingerprint density at radius 1 is 1.35 bits per heavy atom. The number of hydrogen-bond donors (Lipinski definition) is 2. The van der Waals surface area contributed by atoms with Crippen LogP contribution in [-0.4, -0.2) is 42.9 Å². The zero-order valence-electron chi connectivity index (χ0n) is 13.5. The molecule has 0 unspecified atom stereocenters. The topological polar surface area (TPSA) is 61.4 Å². The Morgan fingerprint density at radius 2 is 2.17 bits per heavy atom. The van der Waals surface area contributed by atoms with Gasteiger partial charge in [0.1, 0.15) is 0 Å². The monoisotopic (exact) mass is 337 g/mol. The zero-order chi connectivity index (χ0) is 16.7. The molecule has 0 saturated carbocycles. The average molecular weight is 338 g/mol. The number of piperidine rings is 1. The van der Waals surface area contributed by atoms with Crippen LogP contribution in [0.1, 0.15) is 31.2 Å². The molecule has 0 radical (unpaired) electrons. The molecule has 1 aromatic rings. The second-order valence-corrected chi connectivity index (χ2v) is 6.25. The summed E-state index contributed by atoms with van der Waals surface area (Å²) < 4.78 is 0. The molecule has 1 heterocycles. The molecule has 1 atom stereocenters. The van der Waals surface area contributed by atoms with Gasteiger partial charge in [0.25, 0.3) is 0 Å². The number of carbonyl (C=O) groups excluding carboxylic acids is 2. The van der Waals surface area contributed by atoms with Crippen LogP contribution >= 0.6 is 11.6 Å². The Morgan fingerprint density at radius 3 is 2.91 bits per heavy atom. The fourth-order valence-electron chi connectivity index (χ4n) is 2.90. The molecule has 0 bridgehead atoms. The summed E-state index contributed by atoms with van der Waals surface area (Å²) >= 11 is 5.93. The molecule has 2 amide bonds. The fourth-order valence-corrected chi connectivity index (χ4v) is 3.12. The van der Waals surface area contributed by atoms with Gasteiger partial charge in [-0.15, -0.1) is 0 Å². The molecule has 1 fully saturated rings. The van der Waals surface area contributed by atoms with E-state index in [1.54, 1.807) is 7.05 Å². The highest BCUT2D eigenvalue weighted by Gasteiger charge is 2.27. The molecule has 1 aliphatic heterocycles. The van der Waals surface area contributed by atoms with Crippen molar-refractivity contribution in [3.05, 3.63) is 34.9 Å². The molecule has 2 rings (SSSR count). The Hall–Kier alpha value is -1.59. The molecule has 2 N–H and O–H groups in total. The third-order valence-corrected chi connectivity index (χ3v) is 4.40. The first kappa shape index (κ1) is 17.8. The third-order valence-electron chi connectivity index (χ3n) is 4.17. The van der Waals surface area contributed by atoms with E-state index < -0.39 is 0 Å². The second-order valence-electron chi connectivity index (χ2n) is 5.82. The maximum absolute atomic E-state index is 12.0. The van der Waals surface area contributed by atoms with E-state index in [9.17, 15) is 9.59 Å². The van der Waals surface area contributed by atoms with Crippen LogP contribution < -0.4 is 10.6 Å². The summed E-state index contributed by atoms with van der Waals surface area (Å²) in [6.07, 6.45) is 3.41. The number of likely N-dealkylation sites (N-methyl/N-ethyl adjacent to an activating group) is 1. The van der Waals surface area contributed by atoms with E-state index in [-0.39, 0.29) is 17.9 Å². The van der Waals surface area contributed by atoms with E-state index in [0.29, 0.717) is 24.5 Å². The van der Waals surface area contributed by atoms with Gasteiger partial charge in [0.2, 0.25) is 11.8 Å². The lowest BCUT2D eigenvalue weighted by Crippen LogP contribution is -2.49. The lowest BCUT2D eigenvalue weighted by atomic mass is 10.0. The normalized spacial score (nSPS) is 18.4. The van der Waals surface area contributed by atoms with Crippen LogP contribution in [0.4, 0.5) is 0 Å². The summed E-state index contributed by atoms with van der Waals surface area (Å²) in [5.41, 5.74) is 0.979. The van der Waals surface area contributed by atoms with Gasteiger partial charge in [-0.05, 0) is 37.1 Å². The third kappa shape index (κ3) is 5.52. The highest BCUT2D eigenvalue weighted by Crippen LogP contribution is 2.17. The van der Waals surface area contributed by atoms with Crippen LogP contribution in [0.5, 0.6) is 0 Å². The molecule has 1 aliphatic rings. The molecule has 126 valence electrons. The number of rotatable bonds is 6. The minimum atomic E-state index is -0.102. The van der Waals surface area contributed by atoms with Crippen molar-refractivity contribution >= 4 is 23.4 Å². The van der Waals surface area contributed by atoms with Crippen molar-refractivity contribution in [1.29, 1.82) is 0 Å². The lowest BCUT2D eigenvalue weighted by molar-refractivity contribution is -0.128. The Labute approximate surface area is 142 Å². The standard InChI is InChI=1S/C17H24ClN3O2/c1-19-17(23)15-7-2-3-9-21(15)10-8-16(22)20-12-13-5-4-6-14(18)11-13/h4-6,11,15H,2-3,7-10,12H2,1H3,(H,19,23)(H,20,22)/t15-/m0/s1. The molecule has 23 heavy (non-hydrogen) atoms. The Kier molecular flexibility index (Phi) is 6.86. The number of amides is 2. The van der Waals surface area contributed by atoms with E-state index in [4.69, 9.17) is 11.6 Å². The second kappa shape index (κ2) is 8.89. The SMILES string of the molecule is CNC(=O)[C@@H]1CCCCN1CCC(=O)NCc1cccc(Cl)c1. The number of halogens is 1. The van der Waals surface area contributed by atoms with Crippen molar-refractivity contribution in [3.63, 3.8) is 0 Å². The average Bonchev–Trinajstić information content (AvgIpc) is 2.57. The summed E-state index contributed by atoms with van der Waals surface area (Å²) in [5.74, 6) is 0.0373. The van der Waals surface area contributed by atoms with Crippen molar-refractivity contribution in [2.45, 2.75) is 38.3 Å². The van der Waals surface area contributed by atoms with Crippen LogP contribution in [0.3, 0.4) is 0 Å². The molecule has 1 aromatic carbocycles. The van der Waals surface area contributed by atoms with Gasteiger partial charge in [0.05, 0.1) is 6.04 Å². The largest absolute Gasteiger partial charge is 0.358 e. The quantitative estimate of drug-likeness (QED) is 0.834. The van der Waals surface area contributed by atoms with E-state index in [1.807, 2.05) is 24.3 Å². The molecule has 0 spiro atoms. The highest BCUT2D eigenvalue weighted by atomic mass is 35.5. The number of nitrogens with zero attached hydrogens (tertiary/aromatic N) is 1. The van der Waals surface area contributed by atoms with Crippen LogP contribution in [0, 0.1) is 0 Å². The number of hydrogen-bond acceptors (Lipinski definition) is 3. The van der Waals surface area contributed by atoms with Crippen LogP contribution in [0.25, 0.3) is 0 Å². The van der Waals surface area contributed by atoms with E-state index in [0.717, 1.165) is 31.4 Å². The lowest BCUT2D eigenvalue weighted by Gasteiger charge is -2.34. The summed E-state index contributed by atoms with van der Waals surface area (Å²) in [7, 11) is 1.66. The zero-order valence-corrected chi connectivity index (χ0v) is 14.2. The van der Waals surface area contributed by atoms with Crippen LogP contribution in [-0.2, 0) is 16.1 Å². The predicted octanol–water partition coefficient (Wildman–Crippen LogP) is 1.95. The summed E-state index contributed by atoms with van der Waals surface area (Å²) in [4.78, 5) is 26.0.